The maximum absolute atomic E-state index is 13.0. The van der Waals surface area contributed by atoms with Crippen molar-refractivity contribution in [2.75, 3.05) is 18.5 Å². The number of carbonyl (C=O) groups excluding carboxylic acids is 1. The van der Waals surface area contributed by atoms with Gasteiger partial charge in [-0.3, -0.25) is 9.79 Å². The number of rotatable bonds is 3. The van der Waals surface area contributed by atoms with Gasteiger partial charge in [0.2, 0.25) is 4.80 Å². The number of carbonyl (C=O) groups is 1. The molecule has 1 amide bonds. The average molecular weight is 441 g/mol. The van der Waals surface area contributed by atoms with E-state index in [0.717, 1.165) is 31.8 Å². The molecule has 0 saturated carbocycles. The average Bonchev–Trinajstić information content (AvgIpc) is 3.21. The maximum atomic E-state index is 13.0. The number of aromatic nitrogens is 1. The van der Waals surface area contributed by atoms with E-state index < -0.39 is 0 Å². The molecule has 4 rings (SSSR count). The Kier molecular flexibility index (Phi) is 4.80. The largest absolute Gasteiger partial charge is 0.307 e. The highest BCUT2D eigenvalue weighted by Gasteiger charge is 2.33. The number of hydrogen-bond acceptors (Lipinski definition) is 4. The lowest BCUT2D eigenvalue weighted by atomic mass is 10.1. The van der Waals surface area contributed by atoms with Crippen LogP contribution >= 0.6 is 27.3 Å². The van der Waals surface area contributed by atoms with E-state index in [2.05, 4.69) is 20.9 Å². The number of thiazole rings is 1. The van der Waals surface area contributed by atoms with E-state index in [1.54, 1.807) is 16.6 Å². The highest BCUT2D eigenvalue weighted by molar-refractivity contribution is 9.10. The van der Waals surface area contributed by atoms with Gasteiger partial charge in [-0.15, -0.1) is 11.3 Å². The fourth-order valence-electron chi connectivity index (χ4n) is 3.17. The zero-order valence-corrected chi connectivity index (χ0v) is 17.3. The first-order valence-electron chi connectivity index (χ1n) is 8.53. The second-order valence-electron chi connectivity index (χ2n) is 5.96. The minimum atomic E-state index is -0.0837. The van der Waals surface area contributed by atoms with E-state index in [0.29, 0.717) is 12.3 Å². The third-order valence-electron chi connectivity index (χ3n) is 4.41. The van der Waals surface area contributed by atoms with Crippen LogP contribution in [0.5, 0.6) is 0 Å². The number of nitrogens with zero attached hydrogens (tertiary/aromatic N) is 4. The Labute approximate surface area is 169 Å². The number of likely N-dealkylation sites (N-methyl/N-ethyl adjacent to an activating group) is 1. The third-order valence-corrected chi connectivity index (χ3v) is 5.81. The van der Waals surface area contributed by atoms with Gasteiger partial charge in [0.05, 0.1) is 11.4 Å². The predicted octanol–water partition coefficient (Wildman–Crippen LogP) is 4.13. The standard InChI is InChI=1S/C20H17BrN4OS/c1-3-24-16-10-5-4-9-15(16)18(19(24)26)23-25-17(12-27-20(25)22-2)13-7-6-8-14(21)11-13/h4-12H,3H2,1-2H3. The van der Waals surface area contributed by atoms with Gasteiger partial charge >= 0.3 is 0 Å². The quantitative estimate of drug-likeness (QED) is 0.603. The Morgan fingerprint density at radius 2 is 1.96 bits per heavy atom. The Balaban J connectivity index is 1.93. The van der Waals surface area contributed by atoms with Crippen LogP contribution < -0.4 is 9.70 Å². The molecule has 1 aliphatic rings. The van der Waals surface area contributed by atoms with Gasteiger partial charge in [-0.25, -0.2) is 4.68 Å². The van der Waals surface area contributed by atoms with Crippen LogP contribution in [-0.4, -0.2) is 29.9 Å². The summed E-state index contributed by atoms with van der Waals surface area (Å²) in [6, 6.07) is 15.8. The van der Waals surface area contributed by atoms with Crippen molar-refractivity contribution in [1.82, 2.24) is 4.68 Å². The van der Waals surface area contributed by atoms with E-state index in [1.807, 2.05) is 60.8 Å². The summed E-state index contributed by atoms with van der Waals surface area (Å²) < 4.78 is 2.75. The molecule has 27 heavy (non-hydrogen) atoms. The molecule has 2 aromatic carbocycles. The number of benzene rings is 2. The molecule has 5 nitrogen and oxygen atoms in total. The van der Waals surface area contributed by atoms with Gasteiger partial charge in [-0.05, 0) is 25.1 Å². The number of halogens is 1. The van der Waals surface area contributed by atoms with Crippen molar-refractivity contribution < 1.29 is 4.79 Å². The van der Waals surface area contributed by atoms with Crippen LogP contribution in [0.3, 0.4) is 0 Å². The lowest BCUT2D eigenvalue weighted by Gasteiger charge is -2.13. The van der Waals surface area contributed by atoms with E-state index >= 15 is 0 Å². The van der Waals surface area contributed by atoms with Crippen molar-refractivity contribution in [3.05, 3.63) is 68.7 Å². The lowest BCUT2D eigenvalue weighted by molar-refractivity contribution is -0.112. The van der Waals surface area contributed by atoms with Crippen LogP contribution in [0.4, 0.5) is 5.69 Å². The fraction of sp³-hybridized carbons (Fsp3) is 0.150. The highest BCUT2D eigenvalue weighted by Crippen LogP contribution is 2.30. The van der Waals surface area contributed by atoms with Crippen molar-refractivity contribution in [3.63, 3.8) is 0 Å². The van der Waals surface area contributed by atoms with Crippen molar-refractivity contribution in [3.8, 4) is 11.3 Å². The summed E-state index contributed by atoms with van der Waals surface area (Å²) in [5, 5.41) is 6.77. The molecule has 0 fully saturated rings. The summed E-state index contributed by atoms with van der Waals surface area (Å²) in [5.41, 5.74) is 4.10. The van der Waals surface area contributed by atoms with Crippen LogP contribution in [0.25, 0.3) is 11.3 Å². The molecule has 1 aromatic heterocycles. The molecule has 0 atom stereocenters. The molecule has 0 radical (unpaired) electrons. The Morgan fingerprint density at radius 1 is 1.15 bits per heavy atom. The first kappa shape index (κ1) is 17.9. The Hall–Kier alpha value is -2.51. The van der Waals surface area contributed by atoms with Gasteiger partial charge in [-0.2, -0.15) is 5.10 Å². The summed E-state index contributed by atoms with van der Waals surface area (Å²) in [4.78, 5) is 19.8. The Bertz CT molecular complexity index is 1130. The molecule has 0 spiro atoms. The van der Waals surface area contributed by atoms with E-state index in [9.17, 15) is 4.79 Å². The summed E-state index contributed by atoms with van der Waals surface area (Å²) in [5.74, 6) is -0.0837. The Morgan fingerprint density at radius 3 is 2.70 bits per heavy atom. The van der Waals surface area contributed by atoms with E-state index in [1.165, 1.54) is 11.3 Å². The van der Waals surface area contributed by atoms with Crippen LogP contribution in [0.1, 0.15) is 12.5 Å². The van der Waals surface area contributed by atoms with E-state index in [-0.39, 0.29) is 5.91 Å². The van der Waals surface area contributed by atoms with Gasteiger partial charge in [0.25, 0.3) is 5.91 Å². The molecule has 3 aromatic rings. The fourth-order valence-corrected chi connectivity index (χ4v) is 4.36. The molecular weight excluding hydrogens is 424 g/mol. The minimum absolute atomic E-state index is 0.0837. The lowest BCUT2D eigenvalue weighted by Crippen LogP contribution is -2.30. The first-order chi connectivity index (χ1) is 13.1. The normalized spacial score (nSPS) is 15.7. The van der Waals surface area contributed by atoms with Crippen LogP contribution in [0.15, 0.2) is 68.5 Å². The minimum Gasteiger partial charge on any atom is -0.307 e. The zero-order chi connectivity index (χ0) is 19.0. The topological polar surface area (TPSA) is 50.0 Å². The van der Waals surface area contributed by atoms with Crippen molar-refractivity contribution in [1.29, 1.82) is 0 Å². The van der Waals surface area contributed by atoms with Gasteiger partial charge in [-0.1, -0.05) is 46.3 Å². The van der Waals surface area contributed by atoms with Crippen molar-refractivity contribution in [2.45, 2.75) is 6.92 Å². The summed E-state index contributed by atoms with van der Waals surface area (Å²) >= 11 is 5.02. The molecule has 0 bridgehead atoms. The molecule has 0 saturated heterocycles. The summed E-state index contributed by atoms with van der Waals surface area (Å²) in [6.45, 7) is 2.57. The maximum Gasteiger partial charge on any atom is 0.279 e. The number of para-hydroxylation sites is 1. The first-order valence-corrected chi connectivity index (χ1v) is 10.2. The van der Waals surface area contributed by atoms with Gasteiger partial charge < -0.3 is 4.90 Å². The van der Waals surface area contributed by atoms with Crippen LogP contribution in [-0.2, 0) is 4.79 Å². The zero-order valence-electron chi connectivity index (χ0n) is 14.9. The molecule has 2 heterocycles. The second kappa shape index (κ2) is 7.25. The van der Waals surface area contributed by atoms with Crippen molar-refractivity contribution >= 4 is 44.6 Å². The molecule has 0 N–H and O–H groups in total. The number of anilines is 1. The second-order valence-corrected chi connectivity index (χ2v) is 7.72. The summed E-state index contributed by atoms with van der Waals surface area (Å²) in [7, 11) is 1.73. The van der Waals surface area contributed by atoms with Crippen LogP contribution in [0, 0.1) is 0 Å². The smallest absolute Gasteiger partial charge is 0.279 e. The number of fused-ring (bicyclic) bond motifs is 1. The summed E-state index contributed by atoms with van der Waals surface area (Å²) in [6.07, 6.45) is 0. The van der Waals surface area contributed by atoms with Gasteiger partial charge in [0.15, 0.2) is 5.71 Å². The molecule has 0 unspecified atom stereocenters. The monoisotopic (exact) mass is 440 g/mol. The molecule has 7 heteroatoms. The van der Waals surface area contributed by atoms with Crippen molar-refractivity contribution in [2.24, 2.45) is 10.1 Å². The SMILES string of the molecule is CCN1C(=O)C(=Nn2c(-c3cccc(Br)c3)csc2=NC)c2ccccc21. The number of hydrogen-bond donors (Lipinski definition) is 0. The third kappa shape index (κ3) is 3.07. The molecular formula is C20H17BrN4OS. The highest BCUT2D eigenvalue weighted by atomic mass is 79.9. The van der Waals surface area contributed by atoms with Crippen LogP contribution in [0.2, 0.25) is 0 Å². The molecule has 0 aliphatic carbocycles. The molecule has 1 aliphatic heterocycles. The van der Waals surface area contributed by atoms with Gasteiger partial charge in [0.1, 0.15) is 0 Å². The van der Waals surface area contributed by atoms with Gasteiger partial charge in [0, 0.05) is 34.6 Å². The number of amides is 1. The molecule has 136 valence electrons. The van der Waals surface area contributed by atoms with E-state index in [4.69, 9.17) is 5.10 Å². The predicted molar refractivity (Wildman–Crippen MR) is 113 cm³/mol.